The van der Waals surface area contributed by atoms with Crippen LogP contribution in [0.15, 0.2) is 176 Å². The van der Waals surface area contributed by atoms with Crippen LogP contribution in [0.2, 0.25) is 0 Å². The Morgan fingerprint density at radius 2 is 0.846 bits per heavy atom. The van der Waals surface area contributed by atoms with E-state index in [1.165, 1.54) is 21.7 Å². The minimum atomic E-state index is 0.443. The van der Waals surface area contributed by atoms with E-state index in [0.717, 1.165) is 50.0 Å². The van der Waals surface area contributed by atoms with Gasteiger partial charge < -0.3 is 9.13 Å². The predicted molar refractivity (Wildman–Crippen MR) is 213 cm³/mol. The fourth-order valence-corrected chi connectivity index (χ4v) is 7.61. The van der Waals surface area contributed by atoms with Crippen LogP contribution in [-0.4, -0.2) is 19.1 Å². The standard InChI is InChI=1S/C47H29N5/c1-48-46-44(31-16-6-2-7-17-31)49-47(50-45(46)32-18-8-3-9-19-32)33-26-27-37-39-29-38-36-24-14-15-25-40(36)51(34-20-10-4-11-21-34)42(38)30-43(39)52(41(37)28-33)35-22-12-5-13-23-35/h2-30H. The van der Waals surface area contributed by atoms with Gasteiger partial charge in [-0.15, -0.1) is 0 Å². The number of hydrogen-bond acceptors (Lipinski definition) is 2. The van der Waals surface area contributed by atoms with Crippen molar-refractivity contribution in [3.8, 4) is 45.3 Å². The Bertz CT molecular complexity index is 2930. The number of fused-ring (bicyclic) bond motifs is 6. The molecular formula is C47H29N5. The second kappa shape index (κ2) is 11.9. The molecule has 3 aromatic heterocycles. The van der Waals surface area contributed by atoms with Crippen LogP contribution in [0.1, 0.15) is 0 Å². The van der Waals surface area contributed by atoms with E-state index >= 15 is 0 Å². The fourth-order valence-electron chi connectivity index (χ4n) is 7.61. The van der Waals surface area contributed by atoms with E-state index in [0.29, 0.717) is 22.9 Å². The van der Waals surface area contributed by atoms with Crippen LogP contribution in [0.5, 0.6) is 0 Å². The van der Waals surface area contributed by atoms with Crippen molar-refractivity contribution in [1.82, 2.24) is 19.1 Å². The Morgan fingerprint density at radius 1 is 0.385 bits per heavy atom. The first kappa shape index (κ1) is 29.6. The molecule has 10 rings (SSSR count). The molecule has 0 bridgehead atoms. The highest BCUT2D eigenvalue weighted by Gasteiger charge is 2.22. The number of benzene rings is 7. The van der Waals surface area contributed by atoms with Crippen molar-refractivity contribution in [2.24, 2.45) is 0 Å². The molecule has 0 fully saturated rings. The molecule has 0 aliphatic heterocycles. The molecule has 0 spiro atoms. The van der Waals surface area contributed by atoms with Crippen LogP contribution in [-0.2, 0) is 0 Å². The number of aromatic nitrogens is 4. The molecule has 0 atom stereocenters. The maximum atomic E-state index is 8.20. The van der Waals surface area contributed by atoms with Crippen molar-refractivity contribution in [2.75, 3.05) is 0 Å². The molecule has 7 aromatic carbocycles. The van der Waals surface area contributed by atoms with Gasteiger partial charge in [0.05, 0.1) is 40.0 Å². The molecule has 52 heavy (non-hydrogen) atoms. The first-order chi connectivity index (χ1) is 25.8. The summed E-state index contributed by atoms with van der Waals surface area (Å²) in [4.78, 5) is 14.2. The molecule has 0 saturated carbocycles. The zero-order valence-corrected chi connectivity index (χ0v) is 28.0. The largest absolute Gasteiger partial charge is 0.309 e. The van der Waals surface area contributed by atoms with Gasteiger partial charge in [0.25, 0.3) is 0 Å². The van der Waals surface area contributed by atoms with Crippen LogP contribution in [0.4, 0.5) is 5.69 Å². The van der Waals surface area contributed by atoms with E-state index in [1.807, 2.05) is 60.7 Å². The van der Waals surface area contributed by atoms with Crippen molar-refractivity contribution in [3.05, 3.63) is 187 Å². The average Bonchev–Trinajstić information content (AvgIpc) is 3.72. The Morgan fingerprint density at radius 3 is 1.40 bits per heavy atom. The molecule has 5 nitrogen and oxygen atoms in total. The zero-order valence-electron chi connectivity index (χ0n) is 28.0. The lowest BCUT2D eigenvalue weighted by Gasteiger charge is -2.13. The maximum absolute atomic E-state index is 8.20. The van der Waals surface area contributed by atoms with Crippen LogP contribution < -0.4 is 0 Å². The Hall–Kier alpha value is -7.29. The lowest BCUT2D eigenvalue weighted by atomic mass is 10.0. The lowest BCUT2D eigenvalue weighted by molar-refractivity contribution is 1.16. The van der Waals surface area contributed by atoms with E-state index in [-0.39, 0.29) is 0 Å². The van der Waals surface area contributed by atoms with Gasteiger partial charge in [-0.3, -0.25) is 0 Å². The van der Waals surface area contributed by atoms with Crippen LogP contribution in [0.25, 0.3) is 93.7 Å². The van der Waals surface area contributed by atoms with E-state index in [2.05, 4.69) is 129 Å². The maximum Gasteiger partial charge on any atom is 0.238 e. The third-order valence-electron chi connectivity index (χ3n) is 9.94. The molecular weight excluding hydrogens is 635 g/mol. The van der Waals surface area contributed by atoms with E-state index in [9.17, 15) is 0 Å². The zero-order chi connectivity index (χ0) is 34.6. The molecule has 10 aromatic rings. The van der Waals surface area contributed by atoms with Gasteiger partial charge in [0.15, 0.2) is 5.82 Å². The average molecular weight is 664 g/mol. The Labute approximate surface area is 300 Å². The second-order valence-corrected chi connectivity index (χ2v) is 12.9. The van der Waals surface area contributed by atoms with Gasteiger partial charge in [0, 0.05) is 38.5 Å². The summed E-state index contributed by atoms with van der Waals surface area (Å²) in [5.41, 5.74) is 11.0. The summed E-state index contributed by atoms with van der Waals surface area (Å²) in [6, 6.07) is 60.9. The summed E-state index contributed by atoms with van der Waals surface area (Å²) >= 11 is 0. The molecule has 5 heteroatoms. The van der Waals surface area contributed by atoms with Gasteiger partial charge >= 0.3 is 0 Å². The van der Waals surface area contributed by atoms with Gasteiger partial charge in [-0.05, 0) is 59.7 Å². The summed E-state index contributed by atoms with van der Waals surface area (Å²) < 4.78 is 4.72. The third kappa shape index (κ3) is 4.63. The van der Waals surface area contributed by atoms with Crippen molar-refractivity contribution in [1.29, 1.82) is 0 Å². The van der Waals surface area contributed by atoms with Gasteiger partial charge in [0.1, 0.15) is 0 Å². The predicted octanol–water partition coefficient (Wildman–Crippen LogP) is 12.2. The summed E-state index contributed by atoms with van der Waals surface area (Å²) in [6.45, 7) is 8.20. The Kier molecular flexibility index (Phi) is 6.80. The fraction of sp³-hybridized carbons (Fsp3) is 0. The first-order valence-corrected chi connectivity index (χ1v) is 17.3. The number of nitrogens with zero attached hydrogens (tertiary/aromatic N) is 5. The van der Waals surface area contributed by atoms with E-state index in [1.54, 1.807) is 0 Å². The molecule has 0 aliphatic carbocycles. The molecule has 0 saturated heterocycles. The lowest BCUT2D eigenvalue weighted by Crippen LogP contribution is -1.98. The Balaban J connectivity index is 1.28. The van der Waals surface area contributed by atoms with Gasteiger partial charge in [-0.2, -0.15) is 0 Å². The van der Waals surface area contributed by atoms with Gasteiger partial charge in [-0.25, -0.2) is 14.8 Å². The highest BCUT2D eigenvalue weighted by Crippen LogP contribution is 2.42. The summed E-state index contributed by atoms with van der Waals surface area (Å²) in [5, 5.41) is 4.75. The molecule has 3 heterocycles. The molecule has 0 radical (unpaired) electrons. The molecule has 0 aliphatic rings. The normalized spacial score (nSPS) is 11.4. The SMILES string of the molecule is [C-]#[N+]c1c(-c2ccccc2)nc(-c2ccc3c4cc5c6ccccc6n(-c6ccccc6)c5cc4n(-c4ccccc4)c3c2)nc1-c1ccccc1. The van der Waals surface area contributed by atoms with Crippen molar-refractivity contribution >= 4 is 49.3 Å². The van der Waals surface area contributed by atoms with Gasteiger partial charge in [-0.1, -0.05) is 127 Å². The number of para-hydroxylation sites is 3. The van der Waals surface area contributed by atoms with Crippen LogP contribution in [0.3, 0.4) is 0 Å². The molecule has 0 N–H and O–H groups in total. The number of rotatable bonds is 5. The highest BCUT2D eigenvalue weighted by atomic mass is 15.0. The quantitative estimate of drug-likeness (QED) is 0.172. The van der Waals surface area contributed by atoms with Crippen molar-refractivity contribution < 1.29 is 0 Å². The summed E-state index contributed by atoms with van der Waals surface area (Å²) in [6.07, 6.45) is 0. The van der Waals surface area contributed by atoms with Crippen LogP contribution in [0, 0.1) is 6.57 Å². The summed E-state index contributed by atoms with van der Waals surface area (Å²) in [7, 11) is 0. The second-order valence-electron chi connectivity index (χ2n) is 12.9. The minimum Gasteiger partial charge on any atom is -0.309 e. The van der Waals surface area contributed by atoms with E-state index < -0.39 is 0 Å². The van der Waals surface area contributed by atoms with Gasteiger partial charge in [0.2, 0.25) is 5.69 Å². The molecule has 242 valence electrons. The molecule has 0 unspecified atom stereocenters. The topological polar surface area (TPSA) is 40.0 Å². The van der Waals surface area contributed by atoms with Crippen LogP contribution >= 0.6 is 0 Å². The minimum absolute atomic E-state index is 0.443. The highest BCUT2D eigenvalue weighted by molar-refractivity contribution is 6.19. The van der Waals surface area contributed by atoms with E-state index in [4.69, 9.17) is 16.5 Å². The molecule has 0 amide bonds. The third-order valence-corrected chi connectivity index (χ3v) is 9.94. The smallest absolute Gasteiger partial charge is 0.238 e. The van der Waals surface area contributed by atoms with Crippen molar-refractivity contribution in [3.63, 3.8) is 0 Å². The first-order valence-electron chi connectivity index (χ1n) is 17.3. The number of hydrogen-bond donors (Lipinski definition) is 0. The monoisotopic (exact) mass is 663 g/mol. The summed E-state index contributed by atoms with van der Waals surface area (Å²) in [5.74, 6) is 0.573. The van der Waals surface area contributed by atoms with Crippen molar-refractivity contribution in [2.45, 2.75) is 0 Å².